The first kappa shape index (κ1) is 14.1. The molecule has 102 valence electrons. The van der Waals surface area contributed by atoms with Crippen molar-refractivity contribution in [3.05, 3.63) is 23.8 Å². The molecule has 0 fully saturated rings. The number of aromatic nitrogens is 3. The van der Waals surface area contributed by atoms with Gasteiger partial charge in [-0.25, -0.2) is 9.67 Å². The molecule has 0 spiro atoms. The van der Waals surface area contributed by atoms with Gasteiger partial charge in [0.15, 0.2) is 0 Å². The first-order valence-corrected chi connectivity index (χ1v) is 8.00. The van der Waals surface area contributed by atoms with E-state index in [1.54, 1.807) is 23.7 Å². The van der Waals surface area contributed by atoms with Gasteiger partial charge in [-0.05, 0) is 6.42 Å². The topological polar surface area (TPSA) is 59.8 Å². The molecule has 7 heteroatoms. The van der Waals surface area contributed by atoms with E-state index in [9.17, 15) is 4.79 Å². The predicted octanol–water partition coefficient (Wildman–Crippen LogP) is 2.87. The standard InChI is InChI=1S/C12H16N4OS2/c1-2-3-7-16-10(4-5-14-16)15-11(17)9-19-12-13-6-8-18-12/h4-6,8H,2-3,7,9H2,1H3,(H,15,17). The smallest absolute Gasteiger partial charge is 0.235 e. The van der Waals surface area contributed by atoms with Crippen molar-refractivity contribution in [3.8, 4) is 0 Å². The summed E-state index contributed by atoms with van der Waals surface area (Å²) in [5, 5.41) is 8.98. The molecule has 0 aliphatic rings. The van der Waals surface area contributed by atoms with Gasteiger partial charge in [-0.1, -0.05) is 25.1 Å². The number of unbranched alkanes of at least 4 members (excludes halogenated alkanes) is 1. The SMILES string of the molecule is CCCCn1nccc1NC(=O)CSc1nccs1. The number of rotatable bonds is 7. The van der Waals surface area contributed by atoms with Crippen LogP contribution in [0.1, 0.15) is 19.8 Å². The monoisotopic (exact) mass is 296 g/mol. The zero-order chi connectivity index (χ0) is 13.5. The lowest BCUT2D eigenvalue weighted by Crippen LogP contribution is -2.17. The maximum absolute atomic E-state index is 11.8. The molecule has 2 rings (SSSR count). The van der Waals surface area contributed by atoms with E-state index >= 15 is 0 Å². The Morgan fingerprint density at radius 2 is 2.42 bits per heavy atom. The third kappa shape index (κ3) is 4.36. The van der Waals surface area contributed by atoms with Crippen molar-refractivity contribution in [1.29, 1.82) is 0 Å². The Bertz CT molecular complexity index is 510. The minimum Gasteiger partial charge on any atom is -0.310 e. The summed E-state index contributed by atoms with van der Waals surface area (Å²) in [6, 6.07) is 1.82. The summed E-state index contributed by atoms with van der Waals surface area (Å²) in [6.07, 6.45) is 5.61. The second-order valence-corrected chi connectivity index (χ2v) is 6.05. The number of carbonyl (C=O) groups excluding carboxylic acids is 1. The molecule has 0 atom stereocenters. The Hall–Kier alpha value is -1.34. The molecule has 2 aromatic rings. The summed E-state index contributed by atoms with van der Waals surface area (Å²) in [5.74, 6) is 1.10. The highest BCUT2D eigenvalue weighted by atomic mass is 32.2. The van der Waals surface area contributed by atoms with Crippen molar-refractivity contribution in [3.63, 3.8) is 0 Å². The maximum atomic E-state index is 11.8. The fraction of sp³-hybridized carbons (Fsp3) is 0.417. The molecule has 0 saturated heterocycles. The van der Waals surface area contributed by atoms with Gasteiger partial charge in [0.1, 0.15) is 10.2 Å². The van der Waals surface area contributed by atoms with Crippen LogP contribution in [0.5, 0.6) is 0 Å². The Balaban J connectivity index is 1.83. The van der Waals surface area contributed by atoms with E-state index in [4.69, 9.17) is 0 Å². The number of hydrogen-bond donors (Lipinski definition) is 1. The number of thioether (sulfide) groups is 1. The van der Waals surface area contributed by atoms with Gasteiger partial charge < -0.3 is 5.32 Å². The van der Waals surface area contributed by atoms with Crippen molar-refractivity contribution in [2.45, 2.75) is 30.6 Å². The average molecular weight is 296 g/mol. The van der Waals surface area contributed by atoms with Crippen LogP contribution in [0, 0.1) is 0 Å². The Kier molecular flexibility index (Phi) is 5.41. The van der Waals surface area contributed by atoms with Crippen LogP contribution in [0.3, 0.4) is 0 Å². The Morgan fingerprint density at radius 1 is 1.53 bits per heavy atom. The van der Waals surface area contributed by atoms with E-state index in [1.807, 2.05) is 16.1 Å². The molecule has 1 N–H and O–H groups in total. The quantitative estimate of drug-likeness (QED) is 0.798. The van der Waals surface area contributed by atoms with Gasteiger partial charge in [0.2, 0.25) is 5.91 Å². The highest BCUT2D eigenvalue weighted by Gasteiger charge is 2.08. The second kappa shape index (κ2) is 7.30. The third-order valence-electron chi connectivity index (χ3n) is 2.44. The van der Waals surface area contributed by atoms with E-state index in [0.29, 0.717) is 5.75 Å². The highest BCUT2D eigenvalue weighted by Crippen LogP contribution is 2.20. The molecule has 2 heterocycles. The van der Waals surface area contributed by atoms with Crippen LogP contribution >= 0.6 is 23.1 Å². The molecular formula is C12H16N4OS2. The first-order chi connectivity index (χ1) is 9.29. The number of aryl methyl sites for hydroxylation is 1. The molecule has 1 amide bonds. The molecule has 0 saturated carbocycles. The van der Waals surface area contributed by atoms with Crippen LogP contribution < -0.4 is 5.32 Å². The number of nitrogens with one attached hydrogen (secondary N) is 1. The summed E-state index contributed by atoms with van der Waals surface area (Å²) in [7, 11) is 0. The van der Waals surface area contributed by atoms with Crippen molar-refractivity contribution < 1.29 is 4.79 Å². The van der Waals surface area contributed by atoms with E-state index in [1.165, 1.54) is 11.8 Å². The number of anilines is 1. The van der Waals surface area contributed by atoms with Gasteiger partial charge in [0.25, 0.3) is 0 Å². The summed E-state index contributed by atoms with van der Waals surface area (Å²) in [5.41, 5.74) is 0. The van der Waals surface area contributed by atoms with Crippen molar-refractivity contribution >= 4 is 34.8 Å². The van der Waals surface area contributed by atoms with E-state index < -0.39 is 0 Å². The predicted molar refractivity (Wildman–Crippen MR) is 78.6 cm³/mol. The number of thiazole rings is 1. The first-order valence-electron chi connectivity index (χ1n) is 6.13. The van der Waals surface area contributed by atoms with Gasteiger partial charge in [0, 0.05) is 24.2 Å². The minimum atomic E-state index is -0.0292. The van der Waals surface area contributed by atoms with Crippen LogP contribution in [0.15, 0.2) is 28.2 Å². The van der Waals surface area contributed by atoms with Gasteiger partial charge in [-0.15, -0.1) is 11.3 Å². The van der Waals surface area contributed by atoms with Gasteiger partial charge >= 0.3 is 0 Å². The lowest BCUT2D eigenvalue weighted by Gasteiger charge is -2.07. The van der Waals surface area contributed by atoms with Crippen LogP contribution in [-0.2, 0) is 11.3 Å². The molecule has 19 heavy (non-hydrogen) atoms. The number of carbonyl (C=O) groups is 1. The molecule has 0 aromatic carbocycles. The van der Waals surface area contributed by atoms with Crippen LogP contribution in [0.4, 0.5) is 5.82 Å². The summed E-state index contributed by atoms with van der Waals surface area (Å²) < 4.78 is 2.74. The average Bonchev–Trinajstić information content (AvgIpc) is 3.05. The van der Waals surface area contributed by atoms with Gasteiger partial charge in [-0.3, -0.25) is 4.79 Å². The van der Waals surface area contributed by atoms with Crippen LogP contribution in [0.25, 0.3) is 0 Å². The van der Waals surface area contributed by atoms with Gasteiger partial charge in [-0.2, -0.15) is 5.10 Å². The minimum absolute atomic E-state index is 0.0292. The van der Waals surface area contributed by atoms with E-state index in [2.05, 4.69) is 22.3 Å². The fourth-order valence-corrected chi connectivity index (χ4v) is 2.95. The second-order valence-electron chi connectivity index (χ2n) is 3.93. The molecule has 0 aliphatic carbocycles. The molecule has 2 aromatic heterocycles. The number of hydrogen-bond acceptors (Lipinski definition) is 5. The van der Waals surface area contributed by atoms with Gasteiger partial charge in [0.05, 0.1) is 11.9 Å². The maximum Gasteiger partial charge on any atom is 0.235 e. The van der Waals surface area contributed by atoms with E-state index in [0.717, 1.165) is 29.5 Å². The third-order valence-corrected chi connectivity index (χ3v) is 4.41. The van der Waals surface area contributed by atoms with Crippen molar-refractivity contribution in [2.75, 3.05) is 11.1 Å². The van der Waals surface area contributed by atoms with E-state index in [-0.39, 0.29) is 5.91 Å². The molecular weight excluding hydrogens is 280 g/mol. The Labute approximate surface area is 120 Å². The fourth-order valence-electron chi connectivity index (χ4n) is 1.51. The number of amides is 1. The molecule has 0 unspecified atom stereocenters. The largest absolute Gasteiger partial charge is 0.310 e. The molecule has 5 nitrogen and oxygen atoms in total. The lowest BCUT2D eigenvalue weighted by atomic mass is 10.3. The lowest BCUT2D eigenvalue weighted by molar-refractivity contribution is -0.113. The zero-order valence-corrected chi connectivity index (χ0v) is 12.3. The molecule has 0 bridgehead atoms. The number of nitrogens with zero attached hydrogens (tertiary/aromatic N) is 3. The summed E-state index contributed by atoms with van der Waals surface area (Å²) in [6.45, 7) is 2.96. The van der Waals surface area contributed by atoms with Crippen LogP contribution in [-0.4, -0.2) is 26.4 Å². The van der Waals surface area contributed by atoms with Crippen LogP contribution in [0.2, 0.25) is 0 Å². The summed E-state index contributed by atoms with van der Waals surface area (Å²) >= 11 is 2.99. The zero-order valence-electron chi connectivity index (χ0n) is 10.7. The molecule has 0 aliphatic heterocycles. The normalized spacial score (nSPS) is 10.6. The molecule has 0 radical (unpaired) electrons. The van der Waals surface area contributed by atoms with Crippen molar-refractivity contribution in [2.24, 2.45) is 0 Å². The Morgan fingerprint density at radius 3 is 3.16 bits per heavy atom. The summed E-state index contributed by atoms with van der Waals surface area (Å²) in [4.78, 5) is 16.0. The highest BCUT2D eigenvalue weighted by molar-refractivity contribution is 8.01. The van der Waals surface area contributed by atoms with Crippen molar-refractivity contribution in [1.82, 2.24) is 14.8 Å².